The number of benzene rings is 1. The number of carbonyl (C=O) groups excluding carboxylic acids is 2. The van der Waals surface area contributed by atoms with Crippen molar-refractivity contribution in [3.63, 3.8) is 0 Å². The fourth-order valence-corrected chi connectivity index (χ4v) is 2.20. The van der Waals surface area contributed by atoms with Crippen molar-refractivity contribution in [2.24, 2.45) is 0 Å². The van der Waals surface area contributed by atoms with E-state index in [1.165, 1.54) is 0 Å². The number of amides is 3. The van der Waals surface area contributed by atoms with E-state index in [2.05, 4.69) is 28.2 Å². The summed E-state index contributed by atoms with van der Waals surface area (Å²) in [5, 5.41) is 5.56. The minimum absolute atomic E-state index is 0.354. The van der Waals surface area contributed by atoms with E-state index in [-0.39, 0.29) is 5.54 Å². The van der Waals surface area contributed by atoms with E-state index in [9.17, 15) is 9.59 Å². The highest BCUT2D eigenvalue weighted by Crippen LogP contribution is 2.45. The van der Waals surface area contributed by atoms with E-state index in [1.807, 2.05) is 32.9 Å². The fourth-order valence-electron chi connectivity index (χ4n) is 2.14. The van der Waals surface area contributed by atoms with Gasteiger partial charge in [-0.05, 0) is 51.3 Å². The van der Waals surface area contributed by atoms with Gasteiger partial charge in [-0.2, -0.15) is 0 Å². The molecule has 6 nitrogen and oxygen atoms in total. The monoisotopic (exact) mass is 323 g/mol. The zero-order chi connectivity index (χ0) is 16.4. The molecular formula is C15H21N3O3S. The highest BCUT2D eigenvalue weighted by atomic mass is 32.1. The molecule has 1 fully saturated rings. The van der Waals surface area contributed by atoms with Crippen LogP contribution in [0.15, 0.2) is 24.3 Å². The molecule has 0 aliphatic heterocycles. The van der Waals surface area contributed by atoms with Crippen LogP contribution in [0.4, 0.5) is 15.3 Å². The van der Waals surface area contributed by atoms with Gasteiger partial charge in [-0.25, -0.2) is 9.59 Å². The van der Waals surface area contributed by atoms with Crippen LogP contribution >= 0.6 is 12.8 Å². The summed E-state index contributed by atoms with van der Waals surface area (Å²) in [6.45, 7) is 5.50. The predicted molar refractivity (Wildman–Crippen MR) is 87.9 cm³/mol. The Labute approximate surface area is 135 Å². The zero-order valence-electron chi connectivity index (χ0n) is 12.9. The van der Waals surface area contributed by atoms with E-state index in [0.29, 0.717) is 5.69 Å². The maximum Gasteiger partial charge on any atom is 0.408 e. The number of hydrogen-bond donors (Lipinski definition) is 4. The first-order valence-corrected chi connectivity index (χ1v) is 7.52. The molecule has 1 aliphatic rings. The molecule has 0 atom stereocenters. The summed E-state index contributed by atoms with van der Waals surface area (Å²) in [6, 6.07) is 6.95. The van der Waals surface area contributed by atoms with Gasteiger partial charge in [-0.1, -0.05) is 24.9 Å². The Morgan fingerprint density at radius 2 is 1.77 bits per heavy atom. The number of alkyl carbamates (subject to hydrolysis) is 1. The molecule has 0 bridgehead atoms. The average molecular weight is 323 g/mol. The Bertz CT molecular complexity index is 562. The van der Waals surface area contributed by atoms with Gasteiger partial charge >= 0.3 is 12.1 Å². The molecule has 0 unspecified atom stereocenters. The number of nitrogens with one attached hydrogen (secondary N) is 3. The molecule has 120 valence electrons. The maximum atomic E-state index is 11.9. The molecule has 22 heavy (non-hydrogen) atoms. The molecule has 0 radical (unpaired) electrons. The lowest BCUT2D eigenvalue weighted by molar-refractivity contribution is 0.0495. The lowest BCUT2D eigenvalue weighted by atomic mass is 10.0. The Kier molecular flexibility index (Phi) is 4.55. The number of thiol groups is 1. The minimum Gasteiger partial charge on any atom is -0.444 e. The van der Waals surface area contributed by atoms with Crippen LogP contribution in [0.3, 0.4) is 0 Å². The van der Waals surface area contributed by atoms with Gasteiger partial charge in [0.2, 0.25) is 0 Å². The van der Waals surface area contributed by atoms with E-state index >= 15 is 0 Å². The smallest absolute Gasteiger partial charge is 0.408 e. The Balaban J connectivity index is 2.01. The summed E-state index contributed by atoms with van der Waals surface area (Å²) in [5.41, 5.74) is 0.777. The number of urea groups is 1. The van der Waals surface area contributed by atoms with Crippen LogP contribution in [-0.2, 0) is 10.3 Å². The van der Waals surface area contributed by atoms with E-state index in [4.69, 9.17) is 4.74 Å². The van der Waals surface area contributed by atoms with Crippen LogP contribution < -0.4 is 15.4 Å². The predicted octanol–water partition coefficient (Wildman–Crippen LogP) is 3.17. The normalized spacial score (nSPS) is 15.6. The third kappa shape index (κ3) is 4.30. The third-order valence-electron chi connectivity index (χ3n) is 3.29. The second kappa shape index (κ2) is 6.08. The number of anilines is 1. The first-order valence-electron chi connectivity index (χ1n) is 7.07. The number of hydrogen-bond acceptors (Lipinski definition) is 4. The molecule has 1 saturated carbocycles. The average Bonchev–Trinajstić information content (AvgIpc) is 3.17. The number of rotatable bonds is 3. The maximum absolute atomic E-state index is 11.9. The van der Waals surface area contributed by atoms with Crippen molar-refractivity contribution in [1.29, 1.82) is 0 Å². The van der Waals surface area contributed by atoms with Crippen LogP contribution in [0, 0.1) is 0 Å². The Hall–Kier alpha value is -1.89. The van der Waals surface area contributed by atoms with E-state index in [1.54, 1.807) is 12.1 Å². The topological polar surface area (TPSA) is 79.5 Å². The van der Waals surface area contributed by atoms with Crippen molar-refractivity contribution in [3.05, 3.63) is 29.8 Å². The molecule has 0 spiro atoms. The molecular weight excluding hydrogens is 302 g/mol. The molecule has 1 aromatic carbocycles. The van der Waals surface area contributed by atoms with Gasteiger partial charge in [-0.15, -0.1) is 0 Å². The standard InChI is InChI=1S/C15H21N3O3S/c1-14(2,3)21-13(20)17-15(8-9-15)10-4-6-11(7-5-10)16-12(19)18-22/h4-7,22H,8-9H2,1-3H3,(H,17,20)(H2,16,18,19). The van der Waals surface area contributed by atoms with Crippen LogP contribution in [0.1, 0.15) is 39.2 Å². The van der Waals surface area contributed by atoms with Gasteiger partial charge < -0.3 is 15.4 Å². The Morgan fingerprint density at radius 1 is 1.18 bits per heavy atom. The summed E-state index contributed by atoms with van der Waals surface area (Å²) in [5.74, 6) is 0. The molecule has 1 aliphatic carbocycles. The van der Waals surface area contributed by atoms with Crippen LogP contribution in [0.5, 0.6) is 0 Å². The first-order chi connectivity index (χ1) is 10.2. The molecule has 0 heterocycles. The molecule has 2 rings (SSSR count). The highest BCUT2D eigenvalue weighted by Gasteiger charge is 2.46. The summed E-state index contributed by atoms with van der Waals surface area (Å²) < 4.78 is 7.49. The van der Waals surface area contributed by atoms with Gasteiger partial charge in [0.05, 0.1) is 5.54 Å². The van der Waals surface area contributed by atoms with E-state index < -0.39 is 17.7 Å². The van der Waals surface area contributed by atoms with Crippen molar-refractivity contribution in [1.82, 2.24) is 10.0 Å². The summed E-state index contributed by atoms with van der Waals surface area (Å²) >= 11 is 3.67. The van der Waals surface area contributed by atoms with E-state index in [0.717, 1.165) is 18.4 Å². The fraction of sp³-hybridized carbons (Fsp3) is 0.467. The molecule has 7 heteroatoms. The summed E-state index contributed by atoms with van der Waals surface area (Å²) in [4.78, 5) is 23.1. The highest BCUT2D eigenvalue weighted by molar-refractivity contribution is 7.78. The van der Waals surface area contributed by atoms with Crippen molar-refractivity contribution in [3.8, 4) is 0 Å². The van der Waals surface area contributed by atoms with Crippen molar-refractivity contribution >= 4 is 30.6 Å². The third-order valence-corrected chi connectivity index (χ3v) is 3.49. The lowest BCUT2D eigenvalue weighted by Gasteiger charge is -2.23. The van der Waals surface area contributed by atoms with Crippen molar-refractivity contribution in [2.75, 3.05) is 5.32 Å². The van der Waals surface area contributed by atoms with Gasteiger partial charge in [0.15, 0.2) is 0 Å². The van der Waals surface area contributed by atoms with Crippen LogP contribution in [-0.4, -0.2) is 17.7 Å². The first kappa shape index (κ1) is 16.5. The lowest BCUT2D eigenvalue weighted by Crippen LogP contribution is -2.39. The molecule has 3 amide bonds. The second-order valence-corrected chi connectivity index (χ2v) is 6.58. The molecule has 0 saturated heterocycles. The number of carbonyl (C=O) groups is 2. The summed E-state index contributed by atoms with van der Waals surface area (Å²) in [7, 11) is 0. The Morgan fingerprint density at radius 3 is 2.23 bits per heavy atom. The minimum atomic E-state index is -0.520. The van der Waals surface area contributed by atoms with Gasteiger partial charge in [-0.3, -0.25) is 4.72 Å². The number of ether oxygens (including phenoxy) is 1. The zero-order valence-corrected chi connectivity index (χ0v) is 13.8. The molecule has 3 N–H and O–H groups in total. The van der Waals surface area contributed by atoms with Crippen LogP contribution in [0.2, 0.25) is 0 Å². The largest absolute Gasteiger partial charge is 0.444 e. The van der Waals surface area contributed by atoms with Crippen molar-refractivity contribution < 1.29 is 14.3 Å². The SMILES string of the molecule is CC(C)(C)OC(=O)NC1(c2ccc(NC(=O)NS)cc2)CC1. The second-order valence-electron chi connectivity index (χ2n) is 6.35. The molecule has 0 aromatic heterocycles. The van der Waals surface area contributed by atoms with Gasteiger partial charge in [0, 0.05) is 5.69 Å². The van der Waals surface area contributed by atoms with Crippen LogP contribution in [0.25, 0.3) is 0 Å². The van der Waals surface area contributed by atoms with Gasteiger partial charge in [0.1, 0.15) is 5.60 Å². The van der Waals surface area contributed by atoms with Gasteiger partial charge in [0.25, 0.3) is 0 Å². The van der Waals surface area contributed by atoms with Crippen molar-refractivity contribution in [2.45, 2.75) is 44.8 Å². The summed E-state index contributed by atoms with van der Waals surface area (Å²) in [6.07, 6.45) is 1.33. The molecule has 1 aromatic rings. The quantitative estimate of drug-likeness (QED) is 0.645.